The van der Waals surface area contributed by atoms with Crippen LogP contribution >= 0.6 is 11.3 Å². The van der Waals surface area contributed by atoms with Gasteiger partial charge in [-0.3, -0.25) is 4.79 Å². The molecule has 3 N–H and O–H groups in total. The lowest BCUT2D eigenvalue weighted by atomic mass is 10.4. The summed E-state index contributed by atoms with van der Waals surface area (Å²) in [5.74, 6) is 0.581. The van der Waals surface area contributed by atoms with E-state index in [0.717, 1.165) is 0 Å². The van der Waals surface area contributed by atoms with Crippen molar-refractivity contribution in [2.75, 3.05) is 5.73 Å². The second-order valence-electron chi connectivity index (χ2n) is 3.07. The number of carbonyl (C=O) groups excluding carboxylic acids is 1. The summed E-state index contributed by atoms with van der Waals surface area (Å²) in [6.07, 6.45) is 1.75. The maximum absolute atomic E-state index is 11.5. The van der Waals surface area contributed by atoms with E-state index >= 15 is 0 Å². The lowest BCUT2D eigenvalue weighted by molar-refractivity contribution is -0.120. The van der Waals surface area contributed by atoms with Gasteiger partial charge in [-0.1, -0.05) is 11.3 Å². The van der Waals surface area contributed by atoms with Gasteiger partial charge in [-0.05, 0) is 12.1 Å². The molecular formula is C9H10N4O2S. The minimum Gasteiger partial charge on any atom is -0.467 e. The molecule has 0 aromatic carbocycles. The molecule has 0 aliphatic rings. The predicted octanol–water partition coefficient (Wildman–Crippen LogP) is 0.572. The largest absolute Gasteiger partial charge is 0.467 e. The van der Waals surface area contributed by atoms with E-state index in [1.54, 1.807) is 18.4 Å². The van der Waals surface area contributed by atoms with Crippen molar-refractivity contribution in [1.82, 2.24) is 15.5 Å². The number of nitrogens with one attached hydrogen (secondary N) is 1. The van der Waals surface area contributed by atoms with Gasteiger partial charge in [0.25, 0.3) is 0 Å². The number of anilines is 1. The molecule has 16 heavy (non-hydrogen) atoms. The van der Waals surface area contributed by atoms with Crippen LogP contribution < -0.4 is 11.1 Å². The normalized spacial score (nSPS) is 10.2. The van der Waals surface area contributed by atoms with Gasteiger partial charge in [-0.15, -0.1) is 10.2 Å². The summed E-state index contributed by atoms with van der Waals surface area (Å²) in [6.45, 7) is 0.375. The zero-order valence-electron chi connectivity index (χ0n) is 8.34. The third-order valence-corrected chi connectivity index (χ3v) is 2.59. The third-order valence-electron chi connectivity index (χ3n) is 1.83. The molecule has 0 radical (unpaired) electrons. The molecule has 2 rings (SSSR count). The smallest absolute Gasteiger partial charge is 0.227 e. The molecule has 0 unspecified atom stereocenters. The number of amides is 1. The Morgan fingerprint density at radius 3 is 3.06 bits per heavy atom. The second-order valence-corrected chi connectivity index (χ2v) is 4.16. The van der Waals surface area contributed by atoms with Gasteiger partial charge in [-0.2, -0.15) is 0 Å². The molecule has 2 aromatic rings. The Balaban J connectivity index is 1.81. The van der Waals surface area contributed by atoms with Crippen molar-refractivity contribution in [2.45, 2.75) is 13.0 Å². The summed E-state index contributed by atoms with van der Waals surface area (Å²) in [6, 6.07) is 3.57. The molecule has 2 aromatic heterocycles. The molecule has 0 fully saturated rings. The van der Waals surface area contributed by atoms with Crippen molar-refractivity contribution < 1.29 is 9.21 Å². The number of aromatic nitrogens is 2. The number of hydrogen-bond donors (Lipinski definition) is 2. The van der Waals surface area contributed by atoms with Crippen LogP contribution in [0.15, 0.2) is 22.8 Å². The summed E-state index contributed by atoms with van der Waals surface area (Å²) in [5, 5.41) is 11.1. The van der Waals surface area contributed by atoms with E-state index in [1.807, 2.05) is 0 Å². The van der Waals surface area contributed by atoms with Crippen LogP contribution in [0.2, 0.25) is 0 Å². The van der Waals surface area contributed by atoms with Gasteiger partial charge >= 0.3 is 0 Å². The van der Waals surface area contributed by atoms with Gasteiger partial charge in [0.1, 0.15) is 10.8 Å². The Bertz CT molecular complexity index is 466. The molecule has 0 saturated carbocycles. The van der Waals surface area contributed by atoms with Crippen LogP contribution in [-0.2, 0) is 17.8 Å². The van der Waals surface area contributed by atoms with E-state index in [1.165, 1.54) is 11.3 Å². The first kappa shape index (κ1) is 10.6. The fourth-order valence-corrected chi connectivity index (χ4v) is 1.74. The maximum atomic E-state index is 11.5. The molecule has 0 spiro atoms. The zero-order valence-corrected chi connectivity index (χ0v) is 9.16. The van der Waals surface area contributed by atoms with Crippen LogP contribution in [0, 0.1) is 0 Å². The Labute approximate surface area is 95.5 Å². The van der Waals surface area contributed by atoms with Crippen LogP contribution in [0.4, 0.5) is 5.13 Å². The Morgan fingerprint density at radius 1 is 1.56 bits per heavy atom. The molecule has 0 aliphatic heterocycles. The third kappa shape index (κ3) is 2.80. The van der Waals surface area contributed by atoms with E-state index in [0.29, 0.717) is 22.4 Å². The van der Waals surface area contributed by atoms with E-state index in [9.17, 15) is 4.79 Å². The van der Waals surface area contributed by atoms with Crippen molar-refractivity contribution >= 4 is 22.4 Å². The number of rotatable bonds is 4. The molecule has 84 valence electrons. The van der Waals surface area contributed by atoms with Crippen LogP contribution in [0.25, 0.3) is 0 Å². The van der Waals surface area contributed by atoms with E-state index in [-0.39, 0.29) is 12.3 Å². The van der Waals surface area contributed by atoms with Crippen molar-refractivity contribution in [3.63, 3.8) is 0 Å². The first-order valence-corrected chi connectivity index (χ1v) is 5.42. The van der Waals surface area contributed by atoms with Gasteiger partial charge in [0, 0.05) is 0 Å². The van der Waals surface area contributed by atoms with Crippen molar-refractivity contribution in [3.05, 3.63) is 29.2 Å². The highest BCUT2D eigenvalue weighted by Crippen LogP contribution is 2.11. The quantitative estimate of drug-likeness (QED) is 0.812. The fraction of sp³-hybridized carbons (Fsp3) is 0.222. The molecule has 6 nitrogen and oxygen atoms in total. The molecule has 2 heterocycles. The van der Waals surface area contributed by atoms with Gasteiger partial charge in [0.15, 0.2) is 0 Å². The van der Waals surface area contributed by atoms with Gasteiger partial charge in [-0.25, -0.2) is 0 Å². The maximum Gasteiger partial charge on any atom is 0.227 e. The van der Waals surface area contributed by atoms with Gasteiger partial charge in [0.05, 0.1) is 19.2 Å². The SMILES string of the molecule is Nc1nnc(CC(=O)NCc2ccco2)s1. The number of hydrogen-bond acceptors (Lipinski definition) is 6. The summed E-state index contributed by atoms with van der Waals surface area (Å²) in [4.78, 5) is 11.5. The number of nitrogen functional groups attached to an aromatic ring is 1. The monoisotopic (exact) mass is 238 g/mol. The summed E-state index contributed by atoms with van der Waals surface area (Å²) in [7, 11) is 0. The van der Waals surface area contributed by atoms with Gasteiger partial charge < -0.3 is 15.5 Å². The average Bonchev–Trinajstić information content (AvgIpc) is 2.87. The minimum absolute atomic E-state index is 0.132. The van der Waals surface area contributed by atoms with Crippen LogP contribution in [0.3, 0.4) is 0 Å². The number of nitrogens with zero attached hydrogens (tertiary/aromatic N) is 2. The first-order valence-electron chi connectivity index (χ1n) is 4.61. The summed E-state index contributed by atoms with van der Waals surface area (Å²) >= 11 is 1.21. The molecule has 0 aliphatic carbocycles. The Kier molecular flexibility index (Phi) is 3.16. The lowest BCUT2D eigenvalue weighted by Crippen LogP contribution is -2.24. The number of carbonyl (C=O) groups is 1. The topological polar surface area (TPSA) is 94.0 Å². The van der Waals surface area contributed by atoms with E-state index in [2.05, 4.69) is 15.5 Å². The standard InChI is InChI=1S/C9H10N4O2S/c10-9-13-12-8(16-9)4-7(14)11-5-6-2-1-3-15-6/h1-3H,4-5H2,(H2,10,13)(H,11,14). The molecular weight excluding hydrogens is 228 g/mol. The molecule has 0 saturated heterocycles. The Morgan fingerprint density at radius 2 is 2.44 bits per heavy atom. The highest BCUT2D eigenvalue weighted by Gasteiger charge is 2.08. The van der Waals surface area contributed by atoms with Gasteiger partial charge in [0.2, 0.25) is 11.0 Å². The summed E-state index contributed by atoms with van der Waals surface area (Å²) in [5.41, 5.74) is 5.40. The van der Waals surface area contributed by atoms with Crippen molar-refractivity contribution in [2.24, 2.45) is 0 Å². The molecule has 7 heteroatoms. The molecule has 1 amide bonds. The molecule has 0 bridgehead atoms. The van der Waals surface area contributed by atoms with Crippen molar-refractivity contribution in [3.8, 4) is 0 Å². The summed E-state index contributed by atoms with van der Waals surface area (Å²) < 4.78 is 5.08. The second kappa shape index (κ2) is 4.75. The minimum atomic E-state index is -0.132. The lowest BCUT2D eigenvalue weighted by Gasteiger charge is -2.00. The van der Waals surface area contributed by atoms with Crippen LogP contribution in [-0.4, -0.2) is 16.1 Å². The number of furan rings is 1. The number of nitrogens with two attached hydrogens (primary N) is 1. The average molecular weight is 238 g/mol. The molecule has 0 atom stereocenters. The zero-order chi connectivity index (χ0) is 11.4. The van der Waals surface area contributed by atoms with Crippen LogP contribution in [0.1, 0.15) is 10.8 Å². The van der Waals surface area contributed by atoms with E-state index in [4.69, 9.17) is 10.2 Å². The first-order chi connectivity index (χ1) is 7.74. The van der Waals surface area contributed by atoms with E-state index < -0.39 is 0 Å². The highest BCUT2D eigenvalue weighted by molar-refractivity contribution is 7.15. The predicted molar refractivity (Wildman–Crippen MR) is 58.6 cm³/mol. The fourth-order valence-electron chi connectivity index (χ4n) is 1.14. The van der Waals surface area contributed by atoms with Crippen molar-refractivity contribution in [1.29, 1.82) is 0 Å². The Hall–Kier alpha value is -1.89. The van der Waals surface area contributed by atoms with Crippen LogP contribution in [0.5, 0.6) is 0 Å². The highest BCUT2D eigenvalue weighted by atomic mass is 32.1.